The number of carbonyl (C=O) groups excluding carboxylic acids is 1. The Bertz CT molecular complexity index is 1070. The van der Waals surface area contributed by atoms with E-state index in [0.29, 0.717) is 0 Å². The maximum atomic E-state index is 13.9. The zero-order valence-corrected chi connectivity index (χ0v) is 21.5. The quantitative estimate of drug-likeness (QED) is 0.376. The molecule has 2 atom stereocenters. The fourth-order valence-corrected chi connectivity index (χ4v) is 5.39. The number of hydrogen-bond donors (Lipinski definition) is 0. The van der Waals surface area contributed by atoms with Gasteiger partial charge in [-0.05, 0) is 43.8 Å². The van der Waals surface area contributed by atoms with Crippen LogP contribution in [-0.4, -0.2) is 57.1 Å². The van der Waals surface area contributed by atoms with E-state index in [1.54, 1.807) is 0 Å². The molecule has 0 radical (unpaired) electrons. The molecule has 4 nitrogen and oxygen atoms in total. The largest absolute Gasteiger partial charge is 0.378 e. The highest BCUT2D eigenvalue weighted by atomic mass is 16.5. The number of benzene rings is 3. The van der Waals surface area contributed by atoms with E-state index in [9.17, 15) is 4.79 Å². The number of carbonyl (C=O) groups is 1. The zero-order chi connectivity index (χ0) is 24.8. The van der Waals surface area contributed by atoms with Gasteiger partial charge in [0, 0.05) is 41.7 Å². The first-order valence-electron chi connectivity index (χ1n) is 12.6. The number of Topliss-reactive ketones (excluding diaryl/α,β-unsaturated/α-hetero) is 1. The van der Waals surface area contributed by atoms with Crippen molar-refractivity contribution in [3.05, 3.63) is 102 Å². The van der Waals surface area contributed by atoms with Crippen LogP contribution in [0.2, 0.25) is 0 Å². The summed E-state index contributed by atoms with van der Waals surface area (Å²) in [6, 6.07) is 29.4. The van der Waals surface area contributed by atoms with E-state index in [1.807, 2.05) is 30.3 Å². The monoisotopic (exact) mass is 470 g/mol. The first-order chi connectivity index (χ1) is 16.9. The first-order valence-corrected chi connectivity index (χ1v) is 12.6. The van der Waals surface area contributed by atoms with Gasteiger partial charge in [-0.2, -0.15) is 0 Å². The molecule has 0 aliphatic carbocycles. The van der Waals surface area contributed by atoms with E-state index in [0.717, 1.165) is 38.3 Å². The van der Waals surface area contributed by atoms with Gasteiger partial charge < -0.3 is 14.5 Å². The second-order valence-electron chi connectivity index (χ2n) is 10.3. The molecule has 0 amide bonds. The minimum Gasteiger partial charge on any atom is -0.378 e. The summed E-state index contributed by atoms with van der Waals surface area (Å²) in [6.07, 6.45) is 0.870. The molecule has 1 heterocycles. The van der Waals surface area contributed by atoms with Gasteiger partial charge in [0.15, 0.2) is 5.78 Å². The average molecular weight is 471 g/mol. The molecule has 0 saturated carbocycles. The normalized spacial score (nSPS) is 16.2. The second kappa shape index (κ2) is 11.2. The molecule has 1 aliphatic heterocycles. The Labute approximate surface area is 210 Å². The summed E-state index contributed by atoms with van der Waals surface area (Å²) >= 11 is 0. The van der Waals surface area contributed by atoms with Gasteiger partial charge in [-0.3, -0.25) is 4.79 Å². The molecule has 0 N–H and O–H groups in total. The van der Waals surface area contributed by atoms with Crippen molar-refractivity contribution in [3.63, 3.8) is 0 Å². The Balaban J connectivity index is 1.74. The van der Waals surface area contributed by atoms with Crippen molar-refractivity contribution in [1.82, 2.24) is 4.90 Å². The van der Waals surface area contributed by atoms with E-state index < -0.39 is 5.41 Å². The van der Waals surface area contributed by atoms with Crippen molar-refractivity contribution in [3.8, 4) is 0 Å². The van der Waals surface area contributed by atoms with Crippen LogP contribution < -0.4 is 4.90 Å². The number of morpholine rings is 1. The molecule has 1 aliphatic rings. The summed E-state index contributed by atoms with van der Waals surface area (Å²) < 4.78 is 5.53. The number of likely N-dealkylation sites (N-methyl/N-ethyl adjacent to an activating group) is 1. The Morgan fingerprint density at radius 3 is 2.03 bits per heavy atom. The van der Waals surface area contributed by atoms with E-state index in [2.05, 4.69) is 92.3 Å². The highest BCUT2D eigenvalue weighted by Gasteiger charge is 2.43. The fraction of sp³-hybridized carbons (Fsp3) is 0.387. The summed E-state index contributed by atoms with van der Waals surface area (Å²) in [6.45, 7) is 7.59. The Morgan fingerprint density at radius 1 is 0.886 bits per heavy atom. The number of ether oxygens (including phenoxy) is 1. The van der Waals surface area contributed by atoms with E-state index in [-0.39, 0.29) is 17.7 Å². The lowest BCUT2D eigenvalue weighted by Crippen LogP contribution is -2.45. The molecule has 4 rings (SSSR count). The smallest absolute Gasteiger partial charge is 0.169 e. The van der Waals surface area contributed by atoms with Crippen LogP contribution in [0.25, 0.3) is 0 Å². The van der Waals surface area contributed by atoms with Crippen molar-refractivity contribution in [1.29, 1.82) is 0 Å². The molecular weight excluding hydrogens is 432 g/mol. The second-order valence-corrected chi connectivity index (χ2v) is 10.3. The molecule has 35 heavy (non-hydrogen) atoms. The Kier molecular flexibility index (Phi) is 8.04. The summed E-state index contributed by atoms with van der Waals surface area (Å²) in [5, 5.41) is 0. The van der Waals surface area contributed by atoms with Crippen molar-refractivity contribution in [2.45, 2.75) is 32.2 Å². The molecule has 184 valence electrons. The maximum Gasteiger partial charge on any atom is 0.169 e. The lowest BCUT2D eigenvalue weighted by molar-refractivity contribution is 0.0722. The topological polar surface area (TPSA) is 32.8 Å². The predicted octanol–water partition coefficient (Wildman–Crippen LogP) is 5.69. The zero-order valence-electron chi connectivity index (χ0n) is 21.5. The number of nitrogens with zero attached hydrogens (tertiary/aromatic N) is 2. The van der Waals surface area contributed by atoms with Crippen LogP contribution in [0, 0.1) is 5.41 Å². The summed E-state index contributed by atoms with van der Waals surface area (Å²) in [5.74, 6) is 0.185. The average Bonchev–Trinajstić information content (AvgIpc) is 2.89. The third-order valence-corrected chi connectivity index (χ3v) is 7.36. The molecular formula is C31H38N2O2. The van der Waals surface area contributed by atoms with Gasteiger partial charge in [0.2, 0.25) is 0 Å². The van der Waals surface area contributed by atoms with Gasteiger partial charge in [0.05, 0.1) is 13.2 Å². The molecule has 3 aromatic rings. The van der Waals surface area contributed by atoms with Gasteiger partial charge in [-0.15, -0.1) is 0 Å². The summed E-state index contributed by atoms with van der Waals surface area (Å²) in [7, 11) is 4.26. The third-order valence-electron chi connectivity index (χ3n) is 7.36. The minimum atomic E-state index is -0.606. The molecule has 3 aromatic carbocycles. The van der Waals surface area contributed by atoms with Crippen molar-refractivity contribution in [2.75, 3.05) is 45.3 Å². The Morgan fingerprint density at radius 2 is 1.46 bits per heavy atom. The maximum absolute atomic E-state index is 13.9. The van der Waals surface area contributed by atoms with Crippen LogP contribution in [0.15, 0.2) is 84.9 Å². The third kappa shape index (κ3) is 5.83. The molecule has 1 saturated heterocycles. The molecule has 0 aromatic heterocycles. The van der Waals surface area contributed by atoms with Crippen LogP contribution >= 0.6 is 0 Å². The summed E-state index contributed by atoms with van der Waals surface area (Å²) in [5.41, 5.74) is 3.86. The summed E-state index contributed by atoms with van der Waals surface area (Å²) in [4.78, 5) is 18.6. The molecule has 4 heteroatoms. The number of hydrogen-bond acceptors (Lipinski definition) is 4. The van der Waals surface area contributed by atoms with E-state index >= 15 is 0 Å². The van der Waals surface area contributed by atoms with E-state index in [4.69, 9.17) is 4.74 Å². The molecule has 2 unspecified atom stereocenters. The van der Waals surface area contributed by atoms with Gasteiger partial charge in [-0.1, -0.05) is 86.6 Å². The van der Waals surface area contributed by atoms with Gasteiger partial charge in [-0.25, -0.2) is 0 Å². The predicted molar refractivity (Wildman–Crippen MR) is 144 cm³/mol. The van der Waals surface area contributed by atoms with Gasteiger partial charge in [0.1, 0.15) is 0 Å². The molecule has 1 fully saturated rings. The van der Waals surface area contributed by atoms with Crippen LogP contribution in [0.1, 0.15) is 41.3 Å². The number of anilines is 1. The number of ketones is 1. The standard InChI is InChI=1S/C31H38N2O2/c1-31(2,30(34)26-13-9-6-10-14-26)29(28(32(3)4)23-24-11-7-5-8-12-24)25-15-17-27(18-16-25)33-19-21-35-22-20-33/h5-18,28-29H,19-23H2,1-4H3. The Hall–Kier alpha value is -2.95. The fourth-order valence-electron chi connectivity index (χ4n) is 5.39. The first kappa shape index (κ1) is 25.2. The van der Waals surface area contributed by atoms with Crippen LogP contribution in [0.3, 0.4) is 0 Å². The van der Waals surface area contributed by atoms with E-state index in [1.165, 1.54) is 16.8 Å². The van der Waals surface area contributed by atoms with Gasteiger partial charge >= 0.3 is 0 Å². The molecule has 0 spiro atoms. The minimum absolute atomic E-state index is 0.00384. The van der Waals surface area contributed by atoms with Gasteiger partial charge in [0.25, 0.3) is 0 Å². The lowest BCUT2D eigenvalue weighted by atomic mass is 9.66. The highest BCUT2D eigenvalue weighted by molar-refractivity contribution is 6.00. The number of rotatable bonds is 9. The highest BCUT2D eigenvalue weighted by Crippen LogP contribution is 2.43. The molecule has 0 bridgehead atoms. The SMILES string of the molecule is CN(C)C(Cc1ccccc1)C(c1ccc(N2CCOCC2)cc1)C(C)(C)C(=O)c1ccccc1. The van der Waals surface area contributed by atoms with Crippen molar-refractivity contribution >= 4 is 11.5 Å². The lowest BCUT2D eigenvalue weighted by Gasteiger charge is -2.42. The van der Waals surface area contributed by atoms with Crippen molar-refractivity contribution < 1.29 is 9.53 Å². The van der Waals surface area contributed by atoms with Crippen LogP contribution in [0.5, 0.6) is 0 Å². The van der Waals surface area contributed by atoms with Crippen LogP contribution in [-0.2, 0) is 11.2 Å². The van der Waals surface area contributed by atoms with Crippen LogP contribution in [0.4, 0.5) is 5.69 Å². The van der Waals surface area contributed by atoms with Crippen molar-refractivity contribution in [2.24, 2.45) is 5.41 Å².